The van der Waals surface area contributed by atoms with E-state index in [9.17, 15) is 14.0 Å². The number of amides is 2. The van der Waals surface area contributed by atoms with Crippen LogP contribution in [-0.4, -0.2) is 27.9 Å². The van der Waals surface area contributed by atoms with Crippen molar-refractivity contribution in [3.63, 3.8) is 0 Å². The number of rotatable bonds is 6. The molecule has 0 aliphatic heterocycles. The molecule has 0 radical (unpaired) electrons. The van der Waals surface area contributed by atoms with E-state index in [4.69, 9.17) is 23.2 Å². The highest BCUT2D eigenvalue weighted by molar-refractivity contribution is 6.42. The summed E-state index contributed by atoms with van der Waals surface area (Å²) >= 11 is 11.8. The summed E-state index contributed by atoms with van der Waals surface area (Å²) in [5.74, 6) is -0.710. The van der Waals surface area contributed by atoms with Gasteiger partial charge in [-0.25, -0.2) is 9.37 Å². The van der Waals surface area contributed by atoms with Gasteiger partial charge in [0.05, 0.1) is 16.6 Å². The number of carbonyl (C=O) groups is 2. The molecule has 0 spiro atoms. The predicted molar refractivity (Wildman–Crippen MR) is 108 cm³/mol. The van der Waals surface area contributed by atoms with Crippen molar-refractivity contribution < 1.29 is 14.0 Å². The van der Waals surface area contributed by atoms with Gasteiger partial charge in [0.2, 0.25) is 5.91 Å². The molecule has 0 saturated carbocycles. The van der Waals surface area contributed by atoms with E-state index < -0.39 is 17.9 Å². The van der Waals surface area contributed by atoms with E-state index in [1.54, 1.807) is 36.1 Å². The van der Waals surface area contributed by atoms with Crippen LogP contribution in [0.2, 0.25) is 10.0 Å². The van der Waals surface area contributed by atoms with Crippen molar-refractivity contribution in [3.05, 3.63) is 87.7 Å². The van der Waals surface area contributed by atoms with Crippen molar-refractivity contribution in [2.24, 2.45) is 7.05 Å². The molecule has 9 heteroatoms. The summed E-state index contributed by atoms with van der Waals surface area (Å²) in [5, 5.41) is 5.92. The van der Waals surface area contributed by atoms with Crippen LogP contribution in [0.1, 0.15) is 27.8 Å². The lowest BCUT2D eigenvalue weighted by atomic mass is 10.1. The Morgan fingerprint density at radius 2 is 1.86 bits per heavy atom. The van der Waals surface area contributed by atoms with E-state index in [0.717, 1.165) is 0 Å². The average molecular weight is 435 g/mol. The molecule has 3 rings (SSSR count). The molecule has 3 aromatic rings. The molecule has 0 bridgehead atoms. The zero-order chi connectivity index (χ0) is 21.0. The zero-order valence-electron chi connectivity index (χ0n) is 15.3. The van der Waals surface area contributed by atoms with Crippen molar-refractivity contribution in [3.8, 4) is 0 Å². The lowest BCUT2D eigenvalue weighted by Crippen LogP contribution is -2.39. The van der Waals surface area contributed by atoms with Crippen molar-refractivity contribution in [1.29, 1.82) is 0 Å². The molecule has 0 unspecified atom stereocenters. The minimum Gasteiger partial charge on any atom is -0.343 e. The van der Waals surface area contributed by atoms with Crippen LogP contribution >= 0.6 is 23.2 Å². The highest BCUT2D eigenvalue weighted by atomic mass is 35.5. The van der Waals surface area contributed by atoms with Gasteiger partial charge in [0.25, 0.3) is 5.91 Å². The second kappa shape index (κ2) is 9.07. The molecule has 0 aliphatic rings. The number of hydrogen-bond acceptors (Lipinski definition) is 3. The molecule has 2 N–H and O–H groups in total. The summed E-state index contributed by atoms with van der Waals surface area (Å²) in [5.41, 5.74) is 0.941. The first-order valence-corrected chi connectivity index (χ1v) is 9.36. The minimum absolute atomic E-state index is 0.245. The summed E-state index contributed by atoms with van der Waals surface area (Å²) in [6.45, 7) is -0.263. The molecule has 29 heavy (non-hydrogen) atoms. The van der Waals surface area contributed by atoms with Crippen LogP contribution in [-0.2, 0) is 11.8 Å². The Balaban J connectivity index is 1.70. The summed E-state index contributed by atoms with van der Waals surface area (Å²) < 4.78 is 15.0. The molecule has 6 nitrogen and oxygen atoms in total. The average Bonchev–Trinajstić information content (AvgIpc) is 3.12. The number of benzene rings is 2. The molecule has 1 heterocycles. The highest BCUT2D eigenvalue weighted by Gasteiger charge is 2.21. The summed E-state index contributed by atoms with van der Waals surface area (Å²) in [7, 11) is 1.79. The number of imidazole rings is 1. The fourth-order valence-electron chi connectivity index (χ4n) is 2.72. The van der Waals surface area contributed by atoms with Gasteiger partial charge in [-0.05, 0) is 35.9 Å². The summed E-state index contributed by atoms with van der Waals surface area (Å²) in [4.78, 5) is 29.0. The predicted octanol–water partition coefficient (Wildman–Crippen LogP) is 3.50. The van der Waals surface area contributed by atoms with Gasteiger partial charge in [-0.3, -0.25) is 9.59 Å². The summed E-state index contributed by atoms with van der Waals surface area (Å²) in [6, 6.07) is 9.59. The van der Waals surface area contributed by atoms with E-state index in [0.29, 0.717) is 16.4 Å². The Labute approximate surface area is 176 Å². The first-order chi connectivity index (χ1) is 13.8. The fraction of sp³-hybridized carbons (Fsp3) is 0.150. The van der Waals surface area contributed by atoms with Crippen LogP contribution in [0.4, 0.5) is 4.39 Å². The summed E-state index contributed by atoms with van der Waals surface area (Å²) in [6.07, 6.45) is 3.34. The third kappa shape index (κ3) is 5.13. The van der Waals surface area contributed by atoms with Gasteiger partial charge in [0.1, 0.15) is 17.7 Å². The van der Waals surface area contributed by atoms with Gasteiger partial charge >= 0.3 is 0 Å². The normalized spacial score (nSPS) is 11.7. The largest absolute Gasteiger partial charge is 0.343 e. The van der Waals surface area contributed by atoms with Crippen LogP contribution in [0.5, 0.6) is 0 Å². The Hall–Kier alpha value is -2.90. The van der Waals surface area contributed by atoms with Crippen molar-refractivity contribution in [2.75, 3.05) is 6.54 Å². The van der Waals surface area contributed by atoms with Gasteiger partial charge in [-0.1, -0.05) is 35.3 Å². The van der Waals surface area contributed by atoms with E-state index in [-0.39, 0.29) is 22.9 Å². The molecular formula is C20H17Cl2FN4O2. The molecule has 2 aromatic carbocycles. The second-order valence-corrected chi connectivity index (χ2v) is 7.07. The first kappa shape index (κ1) is 20.8. The maximum Gasteiger partial charge on any atom is 0.251 e. The Kier molecular flexibility index (Phi) is 6.51. The van der Waals surface area contributed by atoms with Crippen molar-refractivity contribution in [2.45, 2.75) is 6.04 Å². The Morgan fingerprint density at radius 1 is 1.14 bits per heavy atom. The van der Waals surface area contributed by atoms with Gasteiger partial charge in [-0.2, -0.15) is 0 Å². The number of carbonyl (C=O) groups excluding carboxylic acids is 2. The number of aromatic nitrogens is 2. The van der Waals surface area contributed by atoms with Crippen LogP contribution in [0.25, 0.3) is 0 Å². The molecule has 0 fully saturated rings. The third-order valence-electron chi connectivity index (χ3n) is 4.22. The molecule has 150 valence electrons. The minimum atomic E-state index is -0.607. The molecule has 2 amide bonds. The number of nitrogens with zero attached hydrogens (tertiary/aromatic N) is 2. The zero-order valence-corrected chi connectivity index (χ0v) is 16.8. The SMILES string of the molecule is Cn1ccnc1[C@@H](NC(=O)CNC(=O)c1ccc(Cl)c(Cl)c1)c1ccc(F)cc1. The number of halogens is 3. The van der Waals surface area contributed by atoms with E-state index in [1.807, 2.05) is 0 Å². The number of nitrogens with one attached hydrogen (secondary N) is 2. The smallest absolute Gasteiger partial charge is 0.251 e. The van der Waals surface area contributed by atoms with E-state index >= 15 is 0 Å². The Bertz CT molecular complexity index is 1040. The van der Waals surface area contributed by atoms with Crippen LogP contribution in [0.15, 0.2) is 54.9 Å². The topological polar surface area (TPSA) is 76.0 Å². The van der Waals surface area contributed by atoms with Crippen LogP contribution in [0, 0.1) is 5.82 Å². The lowest BCUT2D eigenvalue weighted by Gasteiger charge is -2.19. The van der Waals surface area contributed by atoms with E-state index in [2.05, 4.69) is 15.6 Å². The number of hydrogen-bond donors (Lipinski definition) is 2. The Morgan fingerprint density at radius 3 is 2.48 bits per heavy atom. The number of aryl methyl sites for hydroxylation is 1. The standard InChI is InChI=1S/C20H17Cl2FN4O2/c1-27-9-8-24-19(27)18(12-2-5-14(23)6-3-12)26-17(28)11-25-20(29)13-4-7-15(21)16(22)10-13/h2-10,18H,11H2,1H3,(H,25,29)(H,26,28)/t18-/m0/s1. The maximum absolute atomic E-state index is 13.3. The molecule has 0 aliphatic carbocycles. The van der Waals surface area contributed by atoms with Crippen molar-refractivity contribution >= 4 is 35.0 Å². The fourth-order valence-corrected chi connectivity index (χ4v) is 3.02. The maximum atomic E-state index is 13.3. The van der Waals surface area contributed by atoms with Crippen molar-refractivity contribution in [1.82, 2.24) is 20.2 Å². The molecule has 1 aromatic heterocycles. The van der Waals surface area contributed by atoms with E-state index in [1.165, 1.54) is 30.3 Å². The third-order valence-corrected chi connectivity index (χ3v) is 4.96. The second-order valence-electron chi connectivity index (χ2n) is 6.26. The molecular weight excluding hydrogens is 418 g/mol. The van der Waals surface area contributed by atoms with Gasteiger partial charge in [0, 0.05) is 25.0 Å². The van der Waals surface area contributed by atoms with Crippen LogP contribution < -0.4 is 10.6 Å². The van der Waals surface area contributed by atoms with Crippen LogP contribution in [0.3, 0.4) is 0 Å². The highest BCUT2D eigenvalue weighted by Crippen LogP contribution is 2.23. The molecule has 1 atom stereocenters. The molecule has 0 saturated heterocycles. The quantitative estimate of drug-likeness (QED) is 0.623. The van der Waals surface area contributed by atoms with Gasteiger partial charge in [-0.15, -0.1) is 0 Å². The first-order valence-electron chi connectivity index (χ1n) is 8.60. The lowest BCUT2D eigenvalue weighted by molar-refractivity contribution is -0.120. The van der Waals surface area contributed by atoms with Gasteiger partial charge < -0.3 is 15.2 Å². The van der Waals surface area contributed by atoms with Gasteiger partial charge in [0.15, 0.2) is 0 Å². The monoisotopic (exact) mass is 434 g/mol.